The van der Waals surface area contributed by atoms with Gasteiger partial charge in [0.15, 0.2) is 0 Å². The highest BCUT2D eigenvalue weighted by Gasteiger charge is 2.04. The predicted octanol–water partition coefficient (Wildman–Crippen LogP) is 1.47. The molecule has 0 radical (unpaired) electrons. The largest absolute Gasteiger partial charge is 0.384 e. The number of aromatic nitrogens is 2. The molecular formula is C10H18N4. The summed E-state index contributed by atoms with van der Waals surface area (Å²) in [4.78, 5) is 10.7. The van der Waals surface area contributed by atoms with Crippen molar-refractivity contribution in [1.82, 2.24) is 9.97 Å². The van der Waals surface area contributed by atoms with Gasteiger partial charge in [-0.25, -0.2) is 9.97 Å². The lowest BCUT2D eigenvalue weighted by atomic mass is 10.3. The number of anilines is 2. The van der Waals surface area contributed by atoms with Crippen LogP contribution >= 0.6 is 0 Å². The summed E-state index contributed by atoms with van der Waals surface area (Å²) in [6, 6.07) is 1.81. The second-order valence-corrected chi connectivity index (χ2v) is 3.33. The van der Waals surface area contributed by atoms with Gasteiger partial charge in [-0.1, -0.05) is 6.92 Å². The fourth-order valence-corrected chi connectivity index (χ4v) is 1.20. The van der Waals surface area contributed by atoms with E-state index in [1.54, 1.807) is 0 Å². The van der Waals surface area contributed by atoms with Gasteiger partial charge < -0.3 is 10.6 Å². The molecule has 1 aromatic rings. The third-order valence-corrected chi connectivity index (χ3v) is 2.12. The molecule has 1 heterocycles. The minimum atomic E-state index is 0.554. The van der Waals surface area contributed by atoms with Crippen molar-refractivity contribution < 1.29 is 0 Å². The Morgan fingerprint density at radius 3 is 2.64 bits per heavy atom. The van der Waals surface area contributed by atoms with Crippen LogP contribution in [-0.2, 0) is 6.42 Å². The molecule has 14 heavy (non-hydrogen) atoms. The summed E-state index contributed by atoms with van der Waals surface area (Å²) in [5, 5.41) is 0. The van der Waals surface area contributed by atoms with Gasteiger partial charge >= 0.3 is 0 Å². The molecule has 2 N–H and O–H groups in total. The summed E-state index contributed by atoms with van der Waals surface area (Å²) in [7, 11) is 2.00. The van der Waals surface area contributed by atoms with E-state index in [0.29, 0.717) is 5.82 Å². The van der Waals surface area contributed by atoms with E-state index in [1.807, 2.05) is 13.1 Å². The summed E-state index contributed by atoms with van der Waals surface area (Å²) in [6.07, 6.45) is 1.92. The van der Waals surface area contributed by atoms with E-state index in [4.69, 9.17) is 5.73 Å². The monoisotopic (exact) mass is 194 g/mol. The van der Waals surface area contributed by atoms with Gasteiger partial charge in [0, 0.05) is 26.1 Å². The first-order valence-electron chi connectivity index (χ1n) is 5.02. The zero-order chi connectivity index (χ0) is 10.6. The Morgan fingerprint density at radius 2 is 2.07 bits per heavy atom. The van der Waals surface area contributed by atoms with Gasteiger partial charge in [0.1, 0.15) is 17.5 Å². The topological polar surface area (TPSA) is 55.0 Å². The van der Waals surface area contributed by atoms with E-state index in [9.17, 15) is 0 Å². The summed E-state index contributed by atoms with van der Waals surface area (Å²) in [6.45, 7) is 5.11. The first kappa shape index (κ1) is 10.8. The zero-order valence-electron chi connectivity index (χ0n) is 9.12. The highest BCUT2D eigenvalue weighted by Crippen LogP contribution is 2.12. The first-order valence-corrected chi connectivity index (χ1v) is 5.02. The van der Waals surface area contributed by atoms with Crippen molar-refractivity contribution in [3.8, 4) is 0 Å². The van der Waals surface area contributed by atoms with Crippen LogP contribution in [0, 0.1) is 0 Å². The predicted molar refractivity (Wildman–Crippen MR) is 59.4 cm³/mol. The van der Waals surface area contributed by atoms with E-state index in [1.165, 1.54) is 0 Å². The molecule has 0 spiro atoms. The van der Waals surface area contributed by atoms with Gasteiger partial charge in [-0.3, -0.25) is 0 Å². The van der Waals surface area contributed by atoms with Gasteiger partial charge in [-0.15, -0.1) is 0 Å². The normalized spacial score (nSPS) is 10.2. The molecule has 0 saturated heterocycles. The Balaban J connectivity index is 2.94. The molecule has 1 rings (SSSR count). The second kappa shape index (κ2) is 4.79. The third-order valence-electron chi connectivity index (χ3n) is 2.12. The number of nitrogen functional groups attached to an aromatic ring is 1. The molecule has 78 valence electrons. The molecule has 0 aliphatic heterocycles. The molecule has 0 bridgehead atoms. The van der Waals surface area contributed by atoms with Gasteiger partial charge in [0.2, 0.25) is 0 Å². The maximum Gasteiger partial charge on any atom is 0.134 e. The van der Waals surface area contributed by atoms with Crippen molar-refractivity contribution in [2.24, 2.45) is 0 Å². The van der Waals surface area contributed by atoms with E-state index < -0.39 is 0 Å². The van der Waals surface area contributed by atoms with Crippen LogP contribution in [0.1, 0.15) is 26.1 Å². The zero-order valence-corrected chi connectivity index (χ0v) is 9.12. The summed E-state index contributed by atoms with van der Waals surface area (Å²) < 4.78 is 0. The lowest BCUT2D eigenvalue weighted by molar-refractivity contribution is 0.822. The number of hydrogen-bond acceptors (Lipinski definition) is 4. The minimum absolute atomic E-state index is 0.554. The molecule has 1 aromatic heterocycles. The highest BCUT2D eigenvalue weighted by molar-refractivity contribution is 5.46. The van der Waals surface area contributed by atoms with Gasteiger partial charge in [0.25, 0.3) is 0 Å². The minimum Gasteiger partial charge on any atom is -0.384 e. The Hall–Kier alpha value is -1.32. The highest BCUT2D eigenvalue weighted by atomic mass is 15.2. The van der Waals surface area contributed by atoms with Crippen molar-refractivity contribution in [1.29, 1.82) is 0 Å². The molecule has 0 amide bonds. The molecule has 0 aliphatic carbocycles. The van der Waals surface area contributed by atoms with Crippen molar-refractivity contribution in [2.45, 2.75) is 26.7 Å². The lowest BCUT2D eigenvalue weighted by Gasteiger charge is -2.16. The average Bonchev–Trinajstić information content (AvgIpc) is 2.16. The number of aryl methyl sites for hydroxylation is 1. The molecule has 0 atom stereocenters. The summed E-state index contributed by atoms with van der Waals surface area (Å²) in [5.41, 5.74) is 5.70. The molecule has 0 fully saturated rings. The van der Waals surface area contributed by atoms with Crippen LogP contribution < -0.4 is 10.6 Å². The quantitative estimate of drug-likeness (QED) is 0.788. The van der Waals surface area contributed by atoms with Crippen LogP contribution in [0.5, 0.6) is 0 Å². The molecule has 4 nitrogen and oxygen atoms in total. The molecular weight excluding hydrogens is 176 g/mol. The number of nitrogens with zero attached hydrogens (tertiary/aromatic N) is 3. The van der Waals surface area contributed by atoms with Crippen LogP contribution in [0.4, 0.5) is 11.6 Å². The maximum absolute atomic E-state index is 5.70. The summed E-state index contributed by atoms with van der Waals surface area (Å²) in [5.74, 6) is 2.30. The number of hydrogen-bond donors (Lipinski definition) is 1. The van der Waals surface area contributed by atoms with Crippen LogP contribution in [0.25, 0.3) is 0 Å². The Bertz CT molecular complexity index is 298. The molecule has 4 heteroatoms. The van der Waals surface area contributed by atoms with E-state index in [0.717, 1.165) is 31.0 Å². The molecule has 0 aromatic carbocycles. The van der Waals surface area contributed by atoms with Crippen molar-refractivity contribution in [3.63, 3.8) is 0 Å². The van der Waals surface area contributed by atoms with Crippen LogP contribution in [0.2, 0.25) is 0 Å². The van der Waals surface area contributed by atoms with E-state index in [-0.39, 0.29) is 0 Å². The van der Waals surface area contributed by atoms with Gasteiger partial charge in [-0.05, 0) is 13.3 Å². The van der Waals surface area contributed by atoms with Crippen molar-refractivity contribution in [3.05, 3.63) is 11.9 Å². The summed E-state index contributed by atoms with van der Waals surface area (Å²) >= 11 is 0. The fraction of sp³-hybridized carbons (Fsp3) is 0.600. The smallest absolute Gasteiger partial charge is 0.134 e. The first-order chi connectivity index (χ1) is 6.67. The molecule has 0 saturated carbocycles. The molecule has 0 aliphatic rings. The third kappa shape index (κ3) is 2.58. The second-order valence-electron chi connectivity index (χ2n) is 3.33. The van der Waals surface area contributed by atoms with Crippen LogP contribution in [0.15, 0.2) is 6.07 Å². The average molecular weight is 194 g/mol. The van der Waals surface area contributed by atoms with E-state index >= 15 is 0 Å². The van der Waals surface area contributed by atoms with Gasteiger partial charge in [0.05, 0.1) is 0 Å². The number of nitrogens with two attached hydrogens (primary N) is 1. The standard InChI is InChI=1S/C10H18N4/c1-4-6-9-12-8(11)7-10(13-9)14(3)5-2/h7H,4-6H2,1-3H3,(H2,11,12,13). The molecule has 0 unspecified atom stereocenters. The van der Waals surface area contributed by atoms with Crippen LogP contribution in [-0.4, -0.2) is 23.6 Å². The van der Waals surface area contributed by atoms with Crippen LogP contribution in [0.3, 0.4) is 0 Å². The Kier molecular flexibility index (Phi) is 3.68. The lowest BCUT2D eigenvalue weighted by Crippen LogP contribution is -2.18. The Morgan fingerprint density at radius 1 is 1.36 bits per heavy atom. The van der Waals surface area contributed by atoms with Crippen molar-refractivity contribution >= 4 is 11.6 Å². The van der Waals surface area contributed by atoms with Crippen molar-refractivity contribution in [2.75, 3.05) is 24.2 Å². The van der Waals surface area contributed by atoms with Gasteiger partial charge in [-0.2, -0.15) is 0 Å². The Labute approximate surface area is 85.2 Å². The SMILES string of the molecule is CCCc1nc(N)cc(N(C)CC)n1. The fourth-order valence-electron chi connectivity index (χ4n) is 1.20. The van der Waals surface area contributed by atoms with E-state index in [2.05, 4.69) is 28.7 Å². The maximum atomic E-state index is 5.70. The number of rotatable bonds is 4.